The lowest BCUT2D eigenvalue weighted by Gasteiger charge is -2.23. The summed E-state index contributed by atoms with van der Waals surface area (Å²) in [6.07, 6.45) is 7.69. The molecule has 0 bridgehead atoms. The van der Waals surface area contributed by atoms with Gasteiger partial charge in [-0.3, -0.25) is 9.03 Å². The van der Waals surface area contributed by atoms with E-state index in [2.05, 4.69) is 14.8 Å². The summed E-state index contributed by atoms with van der Waals surface area (Å²) in [5.74, 6) is 0. The first-order valence-corrected chi connectivity index (χ1v) is 9.56. The van der Waals surface area contributed by atoms with Gasteiger partial charge in [0.05, 0.1) is 23.5 Å². The summed E-state index contributed by atoms with van der Waals surface area (Å²) in [4.78, 5) is 0.268. The average molecular weight is 348 g/mol. The van der Waals surface area contributed by atoms with E-state index in [0.29, 0.717) is 11.4 Å². The fraction of sp³-hybridized carbons (Fsp3) is 0.200. The van der Waals surface area contributed by atoms with Crippen LogP contribution in [0.5, 0.6) is 0 Å². The Balaban J connectivity index is 1.69. The van der Waals surface area contributed by atoms with E-state index in [-0.39, 0.29) is 4.91 Å². The molecule has 6 nitrogen and oxygen atoms in total. The van der Waals surface area contributed by atoms with Crippen molar-refractivity contribution in [1.29, 1.82) is 0 Å². The fourth-order valence-electron chi connectivity index (χ4n) is 2.89. The first-order valence-electron chi connectivity index (χ1n) is 7.30. The molecule has 0 aromatic heterocycles. The van der Waals surface area contributed by atoms with E-state index in [1.165, 1.54) is 12.1 Å². The number of anilines is 1. The standard InChI is InChI=1S/C15H16N4O2S2/c20-23(21,15-5-2-8-19-14(15)10-17-22-19)18-13-4-1-3-11-9-16-7-6-12(11)13/h1-5,8,10,16-18H,6-7,9H2. The minimum atomic E-state index is -3.65. The van der Waals surface area contributed by atoms with Crippen molar-refractivity contribution < 1.29 is 8.42 Å². The molecule has 1 aromatic rings. The number of benzene rings is 1. The van der Waals surface area contributed by atoms with Gasteiger partial charge in [-0.1, -0.05) is 12.1 Å². The number of hydrogen-bond acceptors (Lipinski definition) is 6. The first kappa shape index (κ1) is 14.7. The summed E-state index contributed by atoms with van der Waals surface area (Å²) in [5.41, 5.74) is 3.53. The molecule has 8 heteroatoms. The predicted molar refractivity (Wildman–Crippen MR) is 92.3 cm³/mol. The maximum atomic E-state index is 12.8. The lowest BCUT2D eigenvalue weighted by atomic mass is 9.99. The number of fused-ring (bicyclic) bond motifs is 2. The third-order valence-electron chi connectivity index (χ3n) is 3.98. The summed E-state index contributed by atoms with van der Waals surface area (Å²) < 4.78 is 33.2. The van der Waals surface area contributed by atoms with Crippen LogP contribution in [0.1, 0.15) is 11.1 Å². The van der Waals surface area contributed by atoms with Crippen LogP contribution < -0.4 is 14.8 Å². The maximum absolute atomic E-state index is 12.8. The Labute approximate surface area is 139 Å². The van der Waals surface area contributed by atoms with Gasteiger partial charge in [-0.25, -0.2) is 8.42 Å². The number of nitrogens with zero attached hydrogens (tertiary/aromatic N) is 1. The Morgan fingerprint density at radius 1 is 1.30 bits per heavy atom. The van der Waals surface area contributed by atoms with Crippen molar-refractivity contribution in [2.45, 2.75) is 13.0 Å². The molecule has 23 heavy (non-hydrogen) atoms. The lowest BCUT2D eigenvalue weighted by molar-refractivity contribution is 0.604. The molecule has 120 valence electrons. The van der Waals surface area contributed by atoms with Gasteiger partial charge in [-0.2, -0.15) is 0 Å². The number of rotatable bonds is 3. The van der Waals surface area contributed by atoms with Crippen LogP contribution >= 0.6 is 12.1 Å². The van der Waals surface area contributed by atoms with E-state index in [1.54, 1.807) is 22.7 Å². The van der Waals surface area contributed by atoms with Crippen molar-refractivity contribution in [2.24, 2.45) is 0 Å². The van der Waals surface area contributed by atoms with Crippen LogP contribution in [-0.4, -0.2) is 19.3 Å². The zero-order chi connectivity index (χ0) is 15.9. The maximum Gasteiger partial charge on any atom is 0.264 e. The number of hydrogen-bond donors (Lipinski definition) is 3. The Kier molecular flexibility index (Phi) is 3.59. The van der Waals surface area contributed by atoms with E-state index in [1.807, 2.05) is 24.4 Å². The third-order valence-corrected chi connectivity index (χ3v) is 6.13. The van der Waals surface area contributed by atoms with E-state index < -0.39 is 10.0 Å². The Morgan fingerprint density at radius 3 is 3.13 bits per heavy atom. The summed E-state index contributed by atoms with van der Waals surface area (Å²) in [6.45, 7) is 1.63. The van der Waals surface area contributed by atoms with Crippen LogP contribution in [0.2, 0.25) is 0 Å². The molecule has 3 N–H and O–H groups in total. The largest absolute Gasteiger partial charge is 0.316 e. The Bertz CT molecular complexity index is 843. The van der Waals surface area contributed by atoms with Gasteiger partial charge in [-0.15, -0.1) is 0 Å². The second-order valence-electron chi connectivity index (χ2n) is 5.41. The zero-order valence-electron chi connectivity index (χ0n) is 12.2. The molecule has 0 atom stereocenters. The average Bonchev–Trinajstić information content (AvgIpc) is 3.03. The van der Waals surface area contributed by atoms with Crippen molar-refractivity contribution in [1.82, 2.24) is 14.3 Å². The summed E-state index contributed by atoms with van der Waals surface area (Å²) >= 11 is 1.34. The summed E-state index contributed by atoms with van der Waals surface area (Å²) in [7, 11) is -3.65. The van der Waals surface area contributed by atoms with Crippen LogP contribution in [-0.2, 0) is 23.0 Å². The summed E-state index contributed by atoms with van der Waals surface area (Å²) in [5, 5.41) is 3.30. The predicted octanol–water partition coefficient (Wildman–Crippen LogP) is 1.79. The second-order valence-corrected chi connectivity index (χ2v) is 7.87. The van der Waals surface area contributed by atoms with Gasteiger partial charge in [0.25, 0.3) is 10.0 Å². The molecule has 0 amide bonds. The van der Waals surface area contributed by atoms with Crippen LogP contribution in [0.4, 0.5) is 5.69 Å². The molecular weight excluding hydrogens is 332 g/mol. The van der Waals surface area contributed by atoms with Gasteiger partial charge < -0.3 is 10.0 Å². The lowest BCUT2D eigenvalue weighted by Crippen LogP contribution is -2.26. The monoisotopic (exact) mass is 348 g/mol. The molecule has 0 radical (unpaired) electrons. The summed E-state index contributed by atoms with van der Waals surface area (Å²) in [6, 6.07) is 5.75. The molecule has 4 rings (SSSR count). The van der Waals surface area contributed by atoms with Crippen molar-refractivity contribution in [3.05, 3.63) is 64.5 Å². The molecule has 0 spiro atoms. The smallest absolute Gasteiger partial charge is 0.264 e. The van der Waals surface area contributed by atoms with Crippen LogP contribution in [0.3, 0.4) is 0 Å². The number of nitrogens with one attached hydrogen (secondary N) is 3. The van der Waals surface area contributed by atoms with E-state index in [9.17, 15) is 8.42 Å². The molecule has 3 heterocycles. The zero-order valence-corrected chi connectivity index (χ0v) is 13.9. The third kappa shape index (κ3) is 2.62. The molecule has 3 aliphatic heterocycles. The van der Waals surface area contributed by atoms with Crippen molar-refractivity contribution in [3.63, 3.8) is 0 Å². The highest BCUT2D eigenvalue weighted by molar-refractivity contribution is 7.97. The van der Waals surface area contributed by atoms with Gasteiger partial charge in [0.2, 0.25) is 0 Å². The van der Waals surface area contributed by atoms with Gasteiger partial charge in [0.15, 0.2) is 0 Å². The number of sulfonamides is 1. The fourth-order valence-corrected chi connectivity index (χ4v) is 4.89. The van der Waals surface area contributed by atoms with Crippen molar-refractivity contribution >= 4 is 27.8 Å². The first-order chi connectivity index (χ1) is 11.1. The Morgan fingerprint density at radius 2 is 2.22 bits per heavy atom. The molecular formula is C15H16N4O2S2. The quantitative estimate of drug-likeness (QED) is 0.724. The van der Waals surface area contributed by atoms with Crippen molar-refractivity contribution in [2.75, 3.05) is 11.3 Å². The van der Waals surface area contributed by atoms with Crippen molar-refractivity contribution in [3.8, 4) is 0 Å². The minimum Gasteiger partial charge on any atom is -0.316 e. The van der Waals surface area contributed by atoms with Crippen LogP contribution in [0, 0.1) is 0 Å². The van der Waals surface area contributed by atoms with E-state index in [4.69, 9.17) is 0 Å². The van der Waals surface area contributed by atoms with E-state index in [0.717, 1.165) is 30.6 Å². The SMILES string of the molecule is O=S(=O)(Nc1cccc2c1CCNC2)C1=CC=CN2SNC=C12. The van der Waals surface area contributed by atoms with Crippen LogP contribution in [0.15, 0.2) is 53.4 Å². The highest BCUT2D eigenvalue weighted by Gasteiger charge is 2.30. The van der Waals surface area contributed by atoms with Gasteiger partial charge in [0.1, 0.15) is 4.91 Å². The highest BCUT2D eigenvalue weighted by Crippen LogP contribution is 2.34. The minimum absolute atomic E-state index is 0.268. The Hall–Kier alpha value is -1.90. The van der Waals surface area contributed by atoms with Gasteiger partial charge in [0, 0.05) is 18.9 Å². The molecule has 0 aliphatic carbocycles. The molecule has 0 unspecified atom stereocenters. The molecule has 0 fully saturated rings. The van der Waals surface area contributed by atoms with Crippen LogP contribution in [0.25, 0.3) is 0 Å². The van der Waals surface area contributed by atoms with Gasteiger partial charge >= 0.3 is 0 Å². The second kappa shape index (κ2) is 5.63. The van der Waals surface area contributed by atoms with Gasteiger partial charge in [-0.05, 0) is 42.3 Å². The topological polar surface area (TPSA) is 73.5 Å². The molecule has 3 aliphatic rings. The molecule has 0 saturated carbocycles. The molecule has 0 saturated heterocycles. The molecule has 1 aromatic carbocycles. The normalized spacial score (nSPS) is 19.4. The van der Waals surface area contributed by atoms with E-state index >= 15 is 0 Å². The highest BCUT2D eigenvalue weighted by atomic mass is 32.2. The number of allylic oxidation sites excluding steroid dienone is 2.